The van der Waals surface area contributed by atoms with Crippen LogP contribution in [-0.2, 0) is 12.8 Å². The molecule has 0 saturated carbocycles. The van der Waals surface area contributed by atoms with Gasteiger partial charge in [-0.3, -0.25) is 0 Å². The highest BCUT2D eigenvalue weighted by Crippen LogP contribution is 2.28. The first-order chi connectivity index (χ1) is 10.7. The number of aromatic amines is 1. The summed E-state index contributed by atoms with van der Waals surface area (Å²) < 4.78 is 20.2. The van der Waals surface area contributed by atoms with E-state index in [1.165, 1.54) is 12.1 Å². The number of aryl methyl sites for hydroxylation is 2. The van der Waals surface area contributed by atoms with Crippen LogP contribution >= 0.6 is 0 Å². The monoisotopic (exact) mass is 297 g/mol. The van der Waals surface area contributed by atoms with Crippen LogP contribution in [0.2, 0.25) is 0 Å². The van der Waals surface area contributed by atoms with E-state index in [1.54, 1.807) is 22.8 Å². The van der Waals surface area contributed by atoms with Gasteiger partial charge in [-0.15, -0.1) is 0 Å². The zero-order chi connectivity index (χ0) is 15.1. The van der Waals surface area contributed by atoms with E-state index in [-0.39, 0.29) is 11.5 Å². The summed E-state index contributed by atoms with van der Waals surface area (Å²) in [5.41, 5.74) is 1.62. The van der Waals surface area contributed by atoms with Crippen LogP contribution in [0.1, 0.15) is 11.4 Å². The van der Waals surface area contributed by atoms with Crippen LogP contribution in [0.3, 0.4) is 0 Å². The molecule has 0 fully saturated rings. The van der Waals surface area contributed by atoms with Gasteiger partial charge in [-0.1, -0.05) is 0 Å². The number of fused-ring (bicyclic) bond motifs is 3. The minimum Gasteiger partial charge on any atom is -0.457 e. The molecule has 0 radical (unpaired) electrons. The van der Waals surface area contributed by atoms with Gasteiger partial charge in [-0.05, 0) is 54.4 Å². The highest BCUT2D eigenvalue weighted by molar-refractivity contribution is 5.49. The van der Waals surface area contributed by atoms with Gasteiger partial charge in [-0.25, -0.2) is 18.9 Å². The minimum absolute atomic E-state index is 0.233. The molecule has 1 N–H and O–H groups in total. The lowest BCUT2D eigenvalue weighted by Crippen LogP contribution is -2.22. The average Bonchev–Trinajstić information content (AvgIpc) is 2.91. The molecule has 2 heterocycles. The van der Waals surface area contributed by atoms with Gasteiger partial charge in [0.1, 0.15) is 23.1 Å². The van der Waals surface area contributed by atoms with E-state index in [1.807, 2.05) is 12.1 Å². The number of rotatable bonds is 2. The maximum atomic E-state index is 12.9. The lowest BCUT2D eigenvalue weighted by atomic mass is 10.0. The highest BCUT2D eigenvalue weighted by atomic mass is 19.1. The normalized spacial score (nSPS) is 12.6. The number of H-pyrrole nitrogens is 1. The molecule has 0 atom stereocenters. The zero-order valence-electron chi connectivity index (χ0n) is 11.5. The molecule has 1 aliphatic rings. The Bertz CT molecular complexity index is 896. The van der Waals surface area contributed by atoms with Crippen LogP contribution in [-0.4, -0.2) is 14.8 Å². The molecule has 0 aliphatic carbocycles. The molecule has 0 saturated heterocycles. The number of aromatic nitrogens is 3. The van der Waals surface area contributed by atoms with Crippen molar-refractivity contribution in [3.63, 3.8) is 0 Å². The van der Waals surface area contributed by atoms with Gasteiger partial charge >= 0.3 is 5.69 Å². The Morgan fingerprint density at radius 2 is 1.86 bits per heavy atom. The number of nitrogens with zero attached hydrogens (tertiary/aromatic N) is 2. The molecule has 3 aromatic rings. The third-order valence-electron chi connectivity index (χ3n) is 3.70. The first kappa shape index (κ1) is 12.8. The summed E-state index contributed by atoms with van der Waals surface area (Å²) in [7, 11) is 0. The molecule has 1 aromatic heterocycles. The van der Waals surface area contributed by atoms with Crippen LogP contribution in [0, 0.1) is 5.82 Å². The van der Waals surface area contributed by atoms with Crippen molar-refractivity contribution in [1.29, 1.82) is 0 Å². The second-order valence-corrected chi connectivity index (χ2v) is 5.13. The van der Waals surface area contributed by atoms with E-state index < -0.39 is 0 Å². The van der Waals surface area contributed by atoms with Crippen LogP contribution in [0.25, 0.3) is 5.69 Å². The molecule has 0 bridgehead atoms. The molecular formula is C16H12FN3O2. The Labute approximate surface area is 125 Å². The summed E-state index contributed by atoms with van der Waals surface area (Å²) >= 11 is 0. The Hall–Kier alpha value is -2.89. The number of halogens is 1. The van der Waals surface area contributed by atoms with E-state index in [0.29, 0.717) is 17.9 Å². The number of hydrogen-bond acceptors (Lipinski definition) is 3. The molecule has 5 nitrogen and oxygen atoms in total. The maximum Gasteiger partial charge on any atom is 0.347 e. The second kappa shape index (κ2) is 4.84. The predicted octanol–water partition coefficient (Wildman–Crippen LogP) is 2.59. The van der Waals surface area contributed by atoms with Crippen LogP contribution < -0.4 is 10.4 Å². The molecule has 1 aliphatic heterocycles. The Balaban J connectivity index is 1.70. The fraction of sp³-hybridized carbons (Fsp3) is 0.125. The lowest BCUT2D eigenvalue weighted by molar-refractivity contribution is 0.479. The van der Waals surface area contributed by atoms with Crippen molar-refractivity contribution in [2.24, 2.45) is 0 Å². The number of nitrogens with one attached hydrogen (secondary N) is 1. The smallest absolute Gasteiger partial charge is 0.347 e. The number of hydrogen-bond donors (Lipinski definition) is 1. The van der Waals surface area contributed by atoms with Gasteiger partial charge in [0.05, 0.1) is 5.69 Å². The summed E-state index contributed by atoms with van der Waals surface area (Å²) in [4.78, 5) is 11.8. The van der Waals surface area contributed by atoms with Crippen LogP contribution in [0.4, 0.5) is 4.39 Å². The lowest BCUT2D eigenvalue weighted by Gasteiger charge is -2.17. The quantitative estimate of drug-likeness (QED) is 0.791. The predicted molar refractivity (Wildman–Crippen MR) is 78.1 cm³/mol. The van der Waals surface area contributed by atoms with Crippen molar-refractivity contribution in [2.75, 3.05) is 0 Å². The third-order valence-corrected chi connectivity index (χ3v) is 3.70. The largest absolute Gasteiger partial charge is 0.457 e. The minimum atomic E-state index is -0.301. The number of ether oxygens (including phenoxy) is 1. The Kier molecular flexibility index (Phi) is 2.82. The van der Waals surface area contributed by atoms with E-state index in [9.17, 15) is 9.18 Å². The van der Waals surface area contributed by atoms with E-state index in [0.717, 1.165) is 23.5 Å². The van der Waals surface area contributed by atoms with Crippen LogP contribution in [0.15, 0.2) is 47.3 Å². The van der Waals surface area contributed by atoms with Gasteiger partial charge in [0.2, 0.25) is 0 Å². The number of benzene rings is 2. The topological polar surface area (TPSA) is 59.9 Å². The molecule has 110 valence electrons. The molecule has 0 amide bonds. The Morgan fingerprint density at radius 3 is 2.68 bits per heavy atom. The van der Waals surface area contributed by atoms with E-state index in [2.05, 4.69) is 10.2 Å². The van der Waals surface area contributed by atoms with Crippen molar-refractivity contribution >= 4 is 0 Å². The zero-order valence-corrected chi connectivity index (χ0v) is 11.5. The van der Waals surface area contributed by atoms with Crippen molar-refractivity contribution in [3.8, 4) is 17.2 Å². The van der Waals surface area contributed by atoms with Gasteiger partial charge in [0, 0.05) is 6.42 Å². The summed E-state index contributed by atoms with van der Waals surface area (Å²) in [6.07, 6.45) is 1.49. The SMILES string of the molecule is O=c1[nH]nc2n1-c1ccc(Oc3ccc(F)cc3)cc1CC2. The molecular weight excluding hydrogens is 285 g/mol. The van der Waals surface area contributed by atoms with Gasteiger partial charge in [0.25, 0.3) is 0 Å². The second-order valence-electron chi connectivity index (χ2n) is 5.13. The van der Waals surface area contributed by atoms with Crippen LogP contribution in [0.5, 0.6) is 11.5 Å². The van der Waals surface area contributed by atoms with Gasteiger partial charge in [0.15, 0.2) is 0 Å². The van der Waals surface area contributed by atoms with Crippen molar-refractivity contribution in [3.05, 3.63) is 70.2 Å². The van der Waals surface area contributed by atoms with Crippen molar-refractivity contribution in [1.82, 2.24) is 14.8 Å². The van der Waals surface area contributed by atoms with Gasteiger partial charge < -0.3 is 4.74 Å². The fourth-order valence-corrected chi connectivity index (χ4v) is 2.67. The van der Waals surface area contributed by atoms with E-state index >= 15 is 0 Å². The van der Waals surface area contributed by atoms with E-state index in [4.69, 9.17) is 4.74 Å². The molecule has 2 aromatic carbocycles. The first-order valence-corrected chi connectivity index (χ1v) is 6.94. The molecule has 6 heteroatoms. The first-order valence-electron chi connectivity index (χ1n) is 6.94. The summed E-state index contributed by atoms with van der Waals surface area (Å²) in [6.45, 7) is 0. The average molecular weight is 297 g/mol. The standard InChI is InChI=1S/C16H12FN3O2/c17-11-2-4-12(5-3-11)22-13-6-7-14-10(9-13)1-8-15-18-19-16(21)20(14)15/h2-7,9H,1,8H2,(H,19,21). The summed E-state index contributed by atoms with van der Waals surface area (Å²) in [5, 5.41) is 6.48. The molecule has 22 heavy (non-hydrogen) atoms. The summed E-state index contributed by atoms with van der Waals surface area (Å²) in [5.74, 6) is 1.66. The summed E-state index contributed by atoms with van der Waals surface area (Å²) in [6, 6.07) is 11.4. The third kappa shape index (κ3) is 2.09. The van der Waals surface area contributed by atoms with Crippen molar-refractivity contribution in [2.45, 2.75) is 12.8 Å². The maximum absolute atomic E-state index is 12.9. The molecule has 0 spiro atoms. The van der Waals surface area contributed by atoms with Gasteiger partial charge in [-0.2, -0.15) is 5.10 Å². The molecule has 0 unspecified atom stereocenters. The fourth-order valence-electron chi connectivity index (χ4n) is 2.67. The van der Waals surface area contributed by atoms with Crippen molar-refractivity contribution < 1.29 is 9.13 Å². The highest BCUT2D eigenvalue weighted by Gasteiger charge is 2.19. The molecule has 4 rings (SSSR count). The Morgan fingerprint density at radius 1 is 1.09 bits per heavy atom.